The maximum absolute atomic E-state index is 6.69. The van der Waals surface area contributed by atoms with Crippen molar-refractivity contribution in [1.29, 1.82) is 0 Å². The zero-order valence-electron chi connectivity index (χ0n) is 24.5. The van der Waals surface area contributed by atoms with Crippen LogP contribution in [0.2, 0.25) is 0 Å². The van der Waals surface area contributed by atoms with Gasteiger partial charge in [0.15, 0.2) is 0 Å². The van der Waals surface area contributed by atoms with Crippen LogP contribution in [0.3, 0.4) is 0 Å². The van der Waals surface area contributed by atoms with Crippen LogP contribution in [0.5, 0.6) is 11.5 Å². The van der Waals surface area contributed by atoms with Crippen molar-refractivity contribution in [2.45, 2.75) is 5.41 Å². The lowest BCUT2D eigenvalue weighted by Crippen LogP contribution is -2.34. The maximum atomic E-state index is 6.69. The Morgan fingerprint density at radius 3 is 1.62 bits per heavy atom. The van der Waals surface area contributed by atoms with E-state index in [9.17, 15) is 0 Å². The lowest BCUT2D eigenvalue weighted by atomic mass is 9.63. The van der Waals surface area contributed by atoms with E-state index in [0.717, 1.165) is 55.7 Å². The molecule has 0 radical (unpaired) electrons. The Kier molecular flexibility index (Phi) is 5.76. The molecular formula is C43H28O2. The highest BCUT2D eigenvalue weighted by Gasteiger charge is 2.45. The molecule has 7 aromatic carbocycles. The van der Waals surface area contributed by atoms with E-state index in [1.807, 2.05) is 12.1 Å². The molecular weight excluding hydrogens is 548 g/mol. The predicted molar refractivity (Wildman–Crippen MR) is 183 cm³/mol. The first kappa shape index (κ1) is 25.6. The van der Waals surface area contributed by atoms with E-state index >= 15 is 0 Å². The number of furan rings is 1. The van der Waals surface area contributed by atoms with Gasteiger partial charge in [-0.25, -0.2) is 0 Å². The third-order valence-corrected chi connectivity index (χ3v) is 9.24. The van der Waals surface area contributed by atoms with Gasteiger partial charge in [-0.15, -0.1) is 0 Å². The molecule has 1 aromatic heterocycles. The molecule has 2 nitrogen and oxygen atoms in total. The minimum absolute atomic E-state index is 0.509. The number of hydrogen-bond acceptors (Lipinski definition) is 2. The maximum Gasteiger partial charge on any atom is 0.135 e. The molecule has 1 aliphatic rings. The number of rotatable bonds is 4. The van der Waals surface area contributed by atoms with Gasteiger partial charge in [0.2, 0.25) is 0 Å². The fourth-order valence-electron chi connectivity index (χ4n) is 7.15. The second kappa shape index (κ2) is 10.1. The van der Waals surface area contributed by atoms with Crippen molar-refractivity contribution < 1.29 is 9.15 Å². The van der Waals surface area contributed by atoms with Crippen molar-refractivity contribution in [1.82, 2.24) is 0 Å². The third-order valence-electron chi connectivity index (χ3n) is 9.24. The van der Waals surface area contributed by atoms with E-state index in [-0.39, 0.29) is 0 Å². The highest BCUT2D eigenvalue weighted by atomic mass is 16.5. The van der Waals surface area contributed by atoms with E-state index in [0.29, 0.717) is 0 Å². The molecule has 0 saturated carbocycles. The lowest BCUT2D eigenvalue weighted by Gasteiger charge is -2.41. The summed E-state index contributed by atoms with van der Waals surface area (Å²) in [6.07, 6.45) is 0. The summed E-state index contributed by atoms with van der Waals surface area (Å²) < 4.78 is 12.7. The van der Waals surface area contributed by atoms with Crippen LogP contribution >= 0.6 is 0 Å². The van der Waals surface area contributed by atoms with Gasteiger partial charge in [0.05, 0.1) is 5.41 Å². The minimum atomic E-state index is -0.509. The summed E-state index contributed by atoms with van der Waals surface area (Å²) in [5.74, 6) is 1.76. The van der Waals surface area contributed by atoms with Crippen molar-refractivity contribution >= 4 is 21.9 Å². The second-order valence-electron chi connectivity index (χ2n) is 11.7. The summed E-state index contributed by atoms with van der Waals surface area (Å²) in [5.41, 5.74) is 10.6. The van der Waals surface area contributed by atoms with Gasteiger partial charge in [-0.3, -0.25) is 0 Å². The van der Waals surface area contributed by atoms with Gasteiger partial charge in [-0.2, -0.15) is 0 Å². The first-order valence-corrected chi connectivity index (χ1v) is 15.3. The summed E-state index contributed by atoms with van der Waals surface area (Å²) in [6.45, 7) is 0. The van der Waals surface area contributed by atoms with E-state index in [4.69, 9.17) is 9.15 Å². The lowest BCUT2D eigenvalue weighted by molar-refractivity contribution is 0.435. The van der Waals surface area contributed by atoms with E-state index in [1.54, 1.807) is 0 Å². The van der Waals surface area contributed by atoms with Crippen molar-refractivity contribution in [3.8, 4) is 33.8 Å². The molecule has 0 unspecified atom stereocenters. The number of ether oxygens (including phenoxy) is 1. The summed E-state index contributed by atoms with van der Waals surface area (Å²) in [7, 11) is 0. The molecule has 8 aromatic rings. The largest absolute Gasteiger partial charge is 0.457 e. The summed E-state index contributed by atoms with van der Waals surface area (Å²) in [5, 5.41) is 2.28. The van der Waals surface area contributed by atoms with Crippen LogP contribution in [0.4, 0.5) is 0 Å². The molecule has 212 valence electrons. The Labute approximate surface area is 261 Å². The zero-order chi connectivity index (χ0) is 29.8. The van der Waals surface area contributed by atoms with Gasteiger partial charge in [-0.1, -0.05) is 140 Å². The van der Waals surface area contributed by atoms with Gasteiger partial charge in [0, 0.05) is 21.9 Å². The van der Waals surface area contributed by atoms with Crippen LogP contribution in [0, 0.1) is 0 Å². The van der Waals surface area contributed by atoms with Crippen molar-refractivity contribution in [2.75, 3.05) is 0 Å². The molecule has 0 spiro atoms. The zero-order valence-corrected chi connectivity index (χ0v) is 24.5. The summed E-state index contributed by atoms with van der Waals surface area (Å²) >= 11 is 0. The number of hydrogen-bond donors (Lipinski definition) is 0. The molecule has 0 N–H and O–H groups in total. The Morgan fingerprint density at radius 2 is 0.889 bits per heavy atom. The molecule has 2 heteroatoms. The first-order valence-electron chi connectivity index (χ1n) is 15.3. The highest BCUT2D eigenvalue weighted by Crippen LogP contribution is 2.55. The topological polar surface area (TPSA) is 22.4 Å². The smallest absolute Gasteiger partial charge is 0.135 e. The first-order chi connectivity index (χ1) is 22.3. The van der Waals surface area contributed by atoms with Gasteiger partial charge in [0.1, 0.15) is 22.7 Å². The number of para-hydroxylation sites is 2. The molecule has 0 aliphatic carbocycles. The Bertz CT molecular complexity index is 2290. The molecule has 0 bridgehead atoms. The van der Waals surface area contributed by atoms with Crippen LogP contribution in [0.1, 0.15) is 22.3 Å². The fraction of sp³-hybridized carbons (Fsp3) is 0.0233. The molecule has 0 fully saturated rings. The van der Waals surface area contributed by atoms with E-state index in [2.05, 4.69) is 158 Å². The average molecular weight is 577 g/mol. The van der Waals surface area contributed by atoms with Crippen LogP contribution in [-0.4, -0.2) is 0 Å². The van der Waals surface area contributed by atoms with Gasteiger partial charge < -0.3 is 9.15 Å². The third kappa shape index (κ3) is 3.96. The van der Waals surface area contributed by atoms with Crippen LogP contribution in [0.25, 0.3) is 44.2 Å². The monoisotopic (exact) mass is 576 g/mol. The molecule has 45 heavy (non-hydrogen) atoms. The fourth-order valence-corrected chi connectivity index (χ4v) is 7.15. The van der Waals surface area contributed by atoms with Crippen LogP contribution in [0.15, 0.2) is 174 Å². The molecule has 0 amide bonds. The summed E-state index contributed by atoms with van der Waals surface area (Å²) in [6, 6.07) is 60.2. The standard InChI is InChI=1S/C43H28O2/c1-3-11-33(12-4-1)43(34-13-5-2-6-14-34)37-16-8-10-18-41(37)45-42-28-32(23-25-38(42)43)30-21-19-29(20-22-30)31-24-26-40-36(27-31)35-15-7-9-17-39(35)44-40/h1-28H. The van der Waals surface area contributed by atoms with E-state index in [1.165, 1.54) is 22.3 Å². The molecule has 1 aliphatic heterocycles. The quantitative estimate of drug-likeness (QED) is 0.208. The normalized spacial score (nSPS) is 13.2. The molecule has 0 saturated heterocycles. The number of fused-ring (bicyclic) bond motifs is 5. The molecule has 0 atom stereocenters. The van der Waals surface area contributed by atoms with Crippen LogP contribution < -0.4 is 4.74 Å². The molecule has 9 rings (SSSR count). The highest BCUT2D eigenvalue weighted by molar-refractivity contribution is 6.06. The van der Waals surface area contributed by atoms with Gasteiger partial charge >= 0.3 is 0 Å². The van der Waals surface area contributed by atoms with Gasteiger partial charge in [0.25, 0.3) is 0 Å². The second-order valence-corrected chi connectivity index (χ2v) is 11.7. The average Bonchev–Trinajstić information content (AvgIpc) is 3.49. The van der Waals surface area contributed by atoms with Crippen molar-refractivity contribution in [3.05, 3.63) is 192 Å². The Hall–Kier alpha value is -5.86. The molecule has 2 heterocycles. The SMILES string of the molecule is c1ccc(C2(c3ccccc3)c3ccccc3Oc3cc(-c4ccc(-c5ccc6oc7ccccc7c6c5)cc4)ccc32)cc1. The Balaban J connectivity index is 1.15. The van der Waals surface area contributed by atoms with Crippen molar-refractivity contribution in [3.63, 3.8) is 0 Å². The number of benzene rings is 7. The van der Waals surface area contributed by atoms with Gasteiger partial charge in [-0.05, 0) is 63.7 Å². The van der Waals surface area contributed by atoms with Crippen molar-refractivity contribution in [2.24, 2.45) is 0 Å². The summed E-state index contributed by atoms with van der Waals surface area (Å²) in [4.78, 5) is 0. The van der Waals surface area contributed by atoms with Crippen LogP contribution in [-0.2, 0) is 5.41 Å². The Morgan fingerprint density at radius 1 is 0.356 bits per heavy atom. The van der Waals surface area contributed by atoms with E-state index < -0.39 is 5.41 Å². The minimum Gasteiger partial charge on any atom is -0.457 e. The predicted octanol–water partition coefficient (Wildman–Crippen LogP) is 11.4.